The number of hydrogen-bond acceptors (Lipinski definition) is 6. The van der Waals surface area contributed by atoms with Gasteiger partial charge in [0.25, 0.3) is 0 Å². The normalized spacial score (nSPS) is 9.79. The van der Waals surface area contributed by atoms with Crippen LogP contribution in [-0.2, 0) is 16.1 Å². The van der Waals surface area contributed by atoms with Crippen molar-refractivity contribution in [3.05, 3.63) is 15.6 Å². The number of urea groups is 1. The number of carbonyl (C=O) groups excluding carboxylic acids is 2. The molecule has 0 spiro atoms. The maximum atomic E-state index is 11.3. The Kier molecular flexibility index (Phi) is 5.24. The molecule has 0 bridgehead atoms. The van der Waals surface area contributed by atoms with E-state index in [1.54, 1.807) is 6.92 Å². The average Bonchev–Trinajstić information content (AvgIpc) is 2.74. The summed E-state index contributed by atoms with van der Waals surface area (Å²) in [4.78, 5) is 37.0. The second-order valence-electron chi connectivity index (χ2n) is 3.44. The number of nitrogens with one attached hydrogen (secondary N) is 2. The fourth-order valence-corrected chi connectivity index (χ4v) is 2.01. The van der Waals surface area contributed by atoms with Gasteiger partial charge >= 0.3 is 18.0 Å². The van der Waals surface area contributed by atoms with Crippen LogP contribution >= 0.6 is 11.3 Å². The summed E-state index contributed by atoms with van der Waals surface area (Å²) in [6.45, 7) is 1.44. The van der Waals surface area contributed by atoms with Gasteiger partial charge in [0.1, 0.15) is 16.4 Å². The molecule has 0 saturated carbocycles. The van der Waals surface area contributed by atoms with Crippen molar-refractivity contribution < 1.29 is 24.2 Å². The van der Waals surface area contributed by atoms with Crippen molar-refractivity contribution in [3.8, 4) is 0 Å². The maximum absolute atomic E-state index is 11.3. The van der Waals surface area contributed by atoms with E-state index in [1.807, 2.05) is 0 Å². The van der Waals surface area contributed by atoms with E-state index in [0.717, 1.165) is 11.3 Å². The summed E-state index contributed by atoms with van der Waals surface area (Å²) in [5.74, 6) is -1.61. The van der Waals surface area contributed by atoms with Gasteiger partial charge in [0.15, 0.2) is 0 Å². The molecule has 0 unspecified atom stereocenters. The zero-order chi connectivity index (χ0) is 14.4. The Labute approximate surface area is 112 Å². The number of aromatic carboxylic acids is 1. The summed E-state index contributed by atoms with van der Waals surface area (Å²) in [7, 11) is 1.22. The number of nitrogens with zero attached hydrogens (tertiary/aromatic N) is 1. The molecule has 1 heterocycles. The Bertz CT molecular complexity index is 499. The highest BCUT2D eigenvalue weighted by atomic mass is 32.1. The number of aryl methyl sites for hydroxylation is 1. The molecule has 1 aromatic rings. The Balaban J connectivity index is 2.44. The Morgan fingerprint density at radius 3 is 2.58 bits per heavy atom. The van der Waals surface area contributed by atoms with Crippen molar-refractivity contribution in [2.45, 2.75) is 13.5 Å². The quantitative estimate of drug-likeness (QED) is 0.662. The minimum Gasteiger partial charge on any atom is -0.477 e. The Hall–Kier alpha value is -2.16. The van der Waals surface area contributed by atoms with Crippen LogP contribution in [0.1, 0.15) is 20.4 Å². The first kappa shape index (κ1) is 14.9. The second-order valence-corrected chi connectivity index (χ2v) is 4.52. The standard InChI is InChI=1S/C10H13N3O5S/c1-5-8(9(15)16)19-6(13-5)3-11-10(17)12-4-7(14)18-2/h3-4H2,1-2H3,(H,15,16)(H2,11,12,17). The molecule has 104 valence electrons. The number of carbonyl (C=O) groups is 3. The van der Waals surface area contributed by atoms with Crippen molar-refractivity contribution in [1.29, 1.82) is 0 Å². The van der Waals surface area contributed by atoms with E-state index in [1.165, 1.54) is 7.11 Å². The van der Waals surface area contributed by atoms with Crippen molar-refractivity contribution in [2.24, 2.45) is 0 Å². The minimum atomic E-state index is -1.05. The zero-order valence-electron chi connectivity index (χ0n) is 10.3. The lowest BCUT2D eigenvalue weighted by Gasteiger charge is -2.04. The summed E-state index contributed by atoms with van der Waals surface area (Å²) in [6, 6.07) is -0.560. The molecule has 0 aromatic carbocycles. The van der Waals surface area contributed by atoms with Crippen LogP contribution < -0.4 is 10.6 Å². The molecular weight excluding hydrogens is 274 g/mol. The molecule has 0 aliphatic rings. The smallest absolute Gasteiger partial charge is 0.347 e. The van der Waals surface area contributed by atoms with Crippen LogP contribution in [0.5, 0.6) is 0 Å². The zero-order valence-corrected chi connectivity index (χ0v) is 11.2. The number of rotatable bonds is 5. The summed E-state index contributed by atoms with van der Waals surface area (Å²) in [6.07, 6.45) is 0. The number of hydrogen-bond donors (Lipinski definition) is 3. The van der Waals surface area contributed by atoms with E-state index in [-0.39, 0.29) is 18.0 Å². The molecule has 0 fully saturated rings. The van der Waals surface area contributed by atoms with Crippen molar-refractivity contribution in [3.63, 3.8) is 0 Å². The number of esters is 1. The van der Waals surface area contributed by atoms with Gasteiger partial charge in [-0.2, -0.15) is 0 Å². The van der Waals surface area contributed by atoms with Gasteiger partial charge < -0.3 is 20.5 Å². The van der Waals surface area contributed by atoms with Gasteiger partial charge in [0, 0.05) is 0 Å². The lowest BCUT2D eigenvalue weighted by molar-refractivity contribution is -0.139. The third kappa shape index (κ3) is 4.54. The monoisotopic (exact) mass is 287 g/mol. The third-order valence-electron chi connectivity index (χ3n) is 2.06. The van der Waals surface area contributed by atoms with Gasteiger partial charge in [-0.1, -0.05) is 0 Å². The molecule has 19 heavy (non-hydrogen) atoms. The highest BCUT2D eigenvalue weighted by Crippen LogP contribution is 2.17. The fourth-order valence-electron chi connectivity index (χ4n) is 1.17. The Morgan fingerprint density at radius 1 is 1.37 bits per heavy atom. The summed E-state index contributed by atoms with van der Waals surface area (Å²) in [5, 5.41) is 14.1. The van der Waals surface area contributed by atoms with Gasteiger partial charge in [-0.25, -0.2) is 14.6 Å². The van der Waals surface area contributed by atoms with Crippen LogP contribution in [-0.4, -0.2) is 41.7 Å². The SMILES string of the molecule is COC(=O)CNC(=O)NCc1nc(C)c(C(=O)O)s1. The second kappa shape index (κ2) is 6.69. The molecule has 0 atom stereocenters. The number of ether oxygens (including phenoxy) is 1. The predicted molar refractivity (Wildman–Crippen MR) is 66.1 cm³/mol. The predicted octanol–water partition coefficient (Wildman–Crippen LogP) is 0.122. The molecule has 1 rings (SSSR count). The average molecular weight is 287 g/mol. The highest BCUT2D eigenvalue weighted by molar-refractivity contribution is 7.13. The minimum absolute atomic E-state index is 0.0891. The number of methoxy groups -OCH3 is 1. The molecule has 3 N–H and O–H groups in total. The van der Waals surface area contributed by atoms with Crippen LogP contribution in [0.25, 0.3) is 0 Å². The van der Waals surface area contributed by atoms with Gasteiger partial charge in [-0.05, 0) is 6.92 Å². The van der Waals surface area contributed by atoms with Crippen LogP contribution in [0.4, 0.5) is 4.79 Å². The molecule has 0 aliphatic carbocycles. The maximum Gasteiger partial charge on any atom is 0.347 e. The van der Waals surface area contributed by atoms with E-state index >= 15 is 0 Å². The van der Waals surface area contributed by atoms with Crippen molar-refractivity contribution in [1.82, 2.24) is 15.6 Å². The number of carboxylic acid groups (broad SMARTS) is 1. The summed E-state index contributed by atoms with van der Waals surface area (Å²) >= 11 is 0.994. The van der Waals surface area contributed by atoms with Crippen molar-refractivity contribution in [2.75, 3.05) is 13.7 Å². The summed E-state index contributed by atoms with van der Waals surface area (Å²) in [5.41, 5.74) is 0.407. The van der Waals surface area contributed by atoms with Gasteiger partial charge in [0.05, 0.1) is 19.3 Å². The van der Waals surface area contributed by atoms with Crippen LogP contribution in [0.2, 0.25) is 0 Å². The number of amides is 2. The Morgan fingerprint density at radius 2 is 2.05 bits per heavy atom. The number of carboxylic acids is 1. The molecule has 0 aliphatic heterocycles. The highest BCUT2D eigenvalue weighted by Gasteiger charge is 2.14. The number of aromatic nitrogens is 1. The third-order valence-corrected chi connectivity index (χ3v) is 3.20. The van der Waals surface area contributed by atoms with Crippen LogP contribution in [0, 0.1) is 6.92 Å². The first-order valence-corrected chi connectivity index (χ1v) is 6.03. The van der Waals surface area contributed by atoms with Crippen molar-refractivity contribution >= 4 is 29.3 Å². The molecular formula is C10H13N3O5S. The number of thiazole rings is 1. The first-order chi connectivity index (χ1) is 8.93. The molecule has 1 aromatic heterocycles. The van der Waals surface area contributed by atoms with E-state index in [4.69, 9.17) is 5.11 Å². The van der Waals surface area contributed by atoms with Crippen LogP contribution in [0.15, 0.2) is 0 Å². The fraction of sp³-hybridized carbons (Fsp3) is 0.400. The van der Waals surface area contributed by atoms with Crippen LogP contribution in [0.3, 0.4) is 0 Å². The first-order valence-electron chi connectivity index (χ1n) is 5.22. The van der Waals surface area contributed by atoms with E-state index < -0.39 is 18.0 Å². The van der Waals surface area contributed by atoms with E-state index in [0.29, 0.717) is 10.7 Å². The topological polar surface area (TPSA) is 118 Å². The van der Waals surface area contributed by atoms with E-state index in [2.05, 4.69) is 20.4 Å². The lowest BCUT2D eigenvalue weighted by Crippen LogP contribution is -2.38. The van der Waals surface area contributed by atoms with Gasteiger partial charge in [-0.3, -0.25) is 4.79 Å². The van der Waals surface area contributed by atoms with E-state index in [9.17, 15) is 14.4 Å². The molecule has 0 saturated heterocycles. The molecule has 0 radical (unpaired) electrons. The van der Waals surface area contributed by atoms with Gasteiger partial charge in [-0.15, -0.1) is 11.3 Å². The molecule has 2 amide bonds. The molecule has 8 nitrogen and oxygen atoms in total. The lowest BCUT2D eigenvalue weighted by atomic mass is 10.4. The molecule has 9 heteroatoms. The van der Waals surface area contributed by atoms with Gasteiger partial charge in [0.2, 0.25) is 0 Å². The summed E-state index contributed by atoms with van der Waals surface area (Å²) < 4.78 is 4.35. The largest absolute Gasteiger partial charge is 0.477 e.